The van der Waals surface area contributed by atoms with Crippen LogP contribution in [0.5, 0.6) is 5.75 Å². The third-order valence-electron chi connectivity index (χ3n) is 3.09. The molecular formula is C16H17IN2O2. The van der Waals surface area contributed by atoms with E-state index in [0.29, 0.717) is 25.2 Å². The van der Waals surface area contributed by atoms with Gasteiger partial charge in [-0.3, -0.25) is 4.79 Å². The third kappa shape index (κ3) is 4.18. The SMILES string of the molecule is NCCN(Cc1ccccc1)C(=O)c1cc(I)ccc1O. The fourth-order valence-corrected chi connectivity index (χ4v) is 2.55. The highest BCUT2D eigenvalue weighted by Crippen LogP contribution is 2.22. The van der Waals surface area contributed by atoms with Gasteiger partial charge in [0.25, 0.3) is 5.91 Å². The van der Waals surface area contributed by atoms with Crippen molar-refractivity contribution in [3.05, 3.63) is 63.2 Å². The van der Waals surface area contributed by atoms with E-state index in [0.717, 1.165) is 9.13 Å². The summed E-state index contributed by atoms with van der Waals surface area (Å²) in [6.07, 6.45) is 0. The molecule has 0 fully saturated rings. The maximum Gasteiger partial charge on any atom is 0.257 e. The zero-order valence-corrected chi connectivity index (χ0v) is 13.7. The van der Waals surface area contributed by atoms with E-state index in [9.17, 15) is 9.90 Å². The zero-order valence-electron chi connectivity index (χ0n) is 11.5. The lowest BCUT2D eigenvalue weighted by molar-refractivity contribution is 0.0745. The van der Waals surface area contributed by atoms with Crippen LogP contribution in [-0.4, -0.2) is 29.0 Å². The summed E-state index contributed by atoms with van der Waals surface area (Å²) >= 11 is 2.12. The lowest BCUT2D eigenvalue weighted by Gasteiger charge is -2.22. The monoisotopic (exact) mass is 396 g/mol. The number of amides is 1. The molecule has 0 aliphatic rings. The molecule has 0 unspecified atom stereocenters. The fraction of sp³-hybridized carbons (Fsp3) is 0.188. The van der Waals surface area contributed by atoms with Gasteiger partial charge >= 0.3 is 0 Å². The highest BCUT2D eigenvalue weighted by molar-refractivity contribution is 14.1. The maximum absolute atomic E-state index is 12.6. The first kappa shape index (κ1) is 15.8. The van der Waals surface area contributed by atoms with E-state index >= 15 is 0 Å². The first-order valence-corrected chi connectivity index (χ1v) is 7.71. The van der Waals surface area contributed by atoms with Gasteiger partial charge in [-0.25, -0.2) is 0 Å². The number of carbonyl (C=O) groups excluding carboxylic acids is 1. The quantitative estimate of drug-likeness (QED) is 0.764. The van der Waals surface area contributed by atoms with E-state index < -0.39 is 0 Å². The molecule has 110 valence electrons. The summed E-state index contributed by atoms with van der Waals surface area (Å²) < 4.78 is 0.904. The van der Waals surface area contributed by atoms with Gasteiger partial charge in [0.2, 0.25) is 0 Å². The molecule has 0 heterocycles. The van der Waals surface area contributed by atoms with E-state index in [1.165, 1.54) is 6.07 Å². The van der Waals surface area contributed by atoms with E-state index in [4.69, 9.17) is 5.73 Å². The molecule has 2 aromatic carbocycles. The van der Waals surface area contributed by atoms with Crippen molar-refractivity contribution in [1.29, 1.82) is 0 Å². The molecule has 0 saturated heterocycles. The molecule has 0 radical (unpaired) electrons. The van der Waals surface area contributed by atoms with E-state index in [2.05, 4.69) is 22.6 Å². The first-order chi connectivity index (χ1) is 10.1. The lowest BCUT2D eigenvalue weighted by Crippen LogP contribution is -2.35. The molecule has 0 saturated carbocycles. The molecule has 0 aliphatic heterocycles. The van der Waals surface area contributed by atoms with Crippen LogP contribution in [0.2, 0.25) is 0 Å². The van der Waals surface area contributed by atoms with Crippen LogP contribution in [-0.2, 0) is 6.54 Å². The largest absolute Gasteiger partial charge is 0.507 e. The summed E-state index contributed by atoms with van der Waals surface area (Å²) in [7, 11) is 0. The van der Waals surface area contributed by atoms with E-state index in [-0.39, 0.29) is 11.7 Å². The molecule has 21 heavy (non-hydrogen) atoms. The summed E-state index contributed by atoms with van der Waals surface area (Å²) in [5.74, 6) is -0.212. The average molecular weight is 396 g/mol. The Morgan fingerprint density at radius 1 is 1.19 bits per heavy atom. The lowest BCUT2D eigenvalue weighted by atomic mass is 10.1. The van der Waals surface area contributed by atoms with Crippen molar-refractivity contribution in [2.75, 3.05) is 13.1 Å². The predicted molar refractivity (Wildman–Crippen MR) is 91.1 cm³/mol. The molecule has 0 aromatic heterocycles. The molecule has 0 atom stereocenters. The van der Waals surface area contributed by atoms with Crippen LogP contribution >= 0.6 is 22.6 Å². The van der Waals surface area contributed by atoms with Crippen LogP contribution in [0.4, 0.5) is 0 Å². The molecule has 0 aliphatic carbocycles. The standard InChI is InChI=1S/C16H17IN2O2/c17-13-6-7-15(20)14(10-13)16(21)19(9-8-18)11-12-4-2-1-3-5-12/h1-7,10,20H,8-9,11,18H2. The van der Waals surface area contributed by atoms with Gasteiger partial charge in [-0.2, -0.15) is 0 Å². The molecule has 3 N–H and O–H groups in total. The number of hydrogen-bond acceptors (Lipinski definition) is 3. The van der Waals surface area contributed by atoms with Crippen molar-refractivity contribution in [1.82, 2.24) is 4.90 Å². The maximum atomic E-state index is 12.6. The van der Waals surface area contributed by atoms with Crippen molar-refractivity contribution in [2.24, 2.45) is 5.73 Å². The first-order valence-electron chi connectivity index (χ1n) is 6.63. The highest BCUT2D eigenvalue weighted by Gasteiger charge is 2.19. The van der Waals surface area contributed by atoms with Crippen LogP contribution in [0.3, 0.4) is 0 Å². The summed E-state index contributed by atoms with van der Waals surface area (Å²) in [4.78, 5) is 14.3. The van der Waals surface area contributed by atoms with Gasteiger partial charge in [0.05, 0.1) is 5.56 Å². The Labute approximate surface area is 137 Å². The minimum Gasteiger partial charge on any atom is -0.507 e. The Balaban J connectivity index is 2.25. The number of phenols is 1. The Morgan fingerprint density at radius 3 is 2.57 bits per heavy atom. The summed E-state index contributed by atoms with van der Waals surface area (Å²) in [5.41, 5.74) is 6.95. The molecule has 4 nitrogen and oxygen atoms in total. The molecule has 2 aromatic rings. The minimum absolute atomic E-state index is 0.00417. The van der Waals surface area contributed by atoms with Crippen LogP contribution in [0, 0.1) is 3.57 Å². The van der Waals surface area contributed by atoms with Gasteiger partial charge in [-0.15, -0.1) is 0 Å². The van der Waals surface area contributed by atoms with E-state index in [1.54, 1.807) is 17.0 Å². The van der Waals surface area contributed by atoms with Crippen molar-refractivity contribution in [3.63, 3.8) is 0 Å². The Hall–Kier alpha value is -1.60. The number of hydrogen-bond donors (Lipinski definition) is 2. The summed E-state index contributed by atoms with van der Waals surface area (Å²) in [5, 5.41) is 9.91. The van der Waals surface area contributed by atoms with Gasteiger partial charge in [0.1, 0.15) is 5.75 Å². The molecule has 5 heteroatoms. The van der Waals surface area contributed by atoms with Crippen LogP contribution < -0.4 is 5.73 Å². The Morgan fingerprint density at radius 2 is 1.90 bits per heavy atom. The van der Waals surface area contributed by atoms with Gasteiger partial charge in [-0.05, 0) is 46.4 Å². The second-order valence-corrected chi connectivity index (χ2v) is 5.91. The molecule has 0 spiro atoms. The molecule has 1 amide bonds. The second-order valence-electron chi connectivity index (χ2n) is 4.66. The van der Waals surface area contributed by atoms with Crippen LogP contribution in [0.15, 0.2) is 48.5 Å². The fourth-order valence-electron chi connectivity index (χ4n) is 2.06. The Kier molecular flexibility index (Phi) is 5.58. The molecule has 0 bridgehead atoms. The van der Waals surface area contributed by atoms with E-state index in [1.807, 2.05) is 30.3 Å². The predicted octanol–water partition coefficient (Wildman–Crippen LogP) is 2.60. The van der Waals surface area contributed by atoms with Gasteiger partial charge in [0.15, 0.2) is 0 Å². The van der Waals surface area contributed by atoms with Crippen LogP contribution in [0.25, 0.3) is 0 Å². The van der Waals surface area contributed by atoms with Crippen molar-refractivity contribution in [2.45, 2.75) is 6.54 Å². The smallest absolute Gasteiger partial charge is 0.257 e. The zero-order chi connectivity index (χ0) is 15.2. The molecular weight excluding hydrogens is 379 g/mol. The van der Waals surface area contributed by atoms with Gasteiger partial charge in [0, 0.05) is 23.2 Å². The number of carbonyl (C=O) groups is 1. The number of nitrogens with two attached hydrogens (primary N) is 1. The Bertz CT molecular complexity index is 617. The van der Waals surface area contributed by atoms with Gasteiger partial charge in [-0.1, -0.05) is 30.3 Å². The molecule has 2 rings (SSSR count). The van der Waals surface area contributed by atoms with Crippen LogP contribution in [0.1, 0.15) is 15.9 Å². The number of nitrogens with zero attached hydrogens (tertiary/aromatic N) is 1. The number of phenolic OH excluding ortho intramolecular Hbond substituents is 1. The van der Waals surface area contributed by atoms with Crippen molar-refractivity contribution < 1.29 is 9.90 Å². The summed E-state index contributed by atoms with van der Waals surface area (Å²) in [6, 6.07) is 14.7. The number of benzene rings is 2. The number of rotatable bonds is 5. The normalized spacial score (nSPS) is 10.4. The number of aromatic hydroxyl groups is 1. The average Bonchev–Trinajstić information content (AvgIpc) is 2.49. The third-order valence-corrected chi connectivity index (χ3v) is 3.76. The topological polar surface area (TPSA) is 66.6 Å². The van der Waals surface area contributed by atoms with Crippen molar-refractivity contribution in [3.8, 4) is 5.75 Å². The van der Waals surface area contributed by atoms with Crippen molar-refractivity contribution >= 4 is 28.5 Å². The highest BCUT2D eigenvalue weighted by atomic mass is 127. The number of halogens is 1. The van der Waals surface area contributed by atoms with Gasteiger partial charge < -0.3 is 15.7 Å². The summed E-state index contributed by atoms with van der Waals surface area (Å²) in [6.45, 7) is 1.30. The minimum atomic E-state index is -0.208. The second kappa shape index (κ2) is 7.42.